The highest BCUT2D eigenvalue weighted by Crippen LogP contribution is 2.09. The zero-order valence-electron chi connectivity index (χ0n) is 9.92. The third-order valence-corrected chi connectivity index (χ3v) is 3.59. The molecule has 2 N–H and O–H groups in total. The Morgan fingerprint density at radius 3 is 2.21 bits per heavy atom. The maximum absolute atomic E-state index is 8.75. The van der Waals surface area contributed by atoms with Gasteiger partial charge in [0.2, 0.25) is 0 Å². The monoisotopic (exact) mass is 219 g/mol. The minimum absolute atomic E-state index is 0.278. The van der Waals surface area contributed by atoms with E-state index in [2.05, 4.69) is 33.0 Å². The lowest BCUT2D eigenvalue weighted by atomic mass is 10.2. The standard InChI is InChI=1S/C11H25NOS/c1-9(2)7-14-8-11(4)12-10(3)5-6-13/h9-13H,5-8H2,1-4H3/t10-,11?/m1/s1. The fourth-order valence-electron chi connectivity index (χ4n) is 1.29. The molecule has 2 nitrogen and oxygen atoms in total. The van der Waals surface area contributed by atoms with Crippen molar-refractivity contribution in [3.8, 4) is 0 Å². The lowest BCUT2D eigenvalue weighted by molar-refractivity contribution is 0.266. The molecule has 0 amide bonds. The van der Waals surface area contributed by atoms with Gasteiger partial charge in [-0.15, -0.1) is 0 Å². The molecule has 0 aliphatic carbocycles. The van der Waals surface area contributed by atoms with Gasteiger partial charge in [0.25, 0.3) is 0 Å². The van der Waals surface area contributed by atoms with Crippen LogP contribution in [0.25, 0.3) is 0 Å². The van der Waals surface area contributed by atoms with E-state index in [1.54, 1.807) is 0 Å². The molecule has 0 saturated heterocycles. The molecule has 0 rings (SSSR count). The molecule has 86 valence electrons. The highest BCUT2D eigenvalue weighted by molar-refractivity contribution is 7.99. The van der Waals surface area contributed by atoms with Crippen molar-refractivity contribution in [1.29, 1.82) is 0 Å². The van der Waals surface area contributed by atoms with Crippen LogP contribution >= 0.6 is 11.8 Å². The summed E-state index contributed by atoms with van der Waals surface area (Å²) in [5, 5.41) is 12.2. The van der Waals surface area contributed by atoms with Crippen LogP contribution in [0.5, 0.6) is 0 Å². The fourth-order valence-corrected chi connectivity index (χ4v) is 2.35. The summed E-state index contributed by atoms with van der Waals surface area (Å²) in [6.45, 7) is 9.11. The lowest BCUT2D eigenvalue weighted by Gasteiger charge is -2.19. The van der Waals surface area contributed by atoms with E-state index >= 15 is 0 Å². The van der Waals surface area contributed by atoms with Gasteiger partial charge in [0.15, 0.2) is 0 Å². The summed E-state index contributed by atoms with van der Waals surface area (Å²) in [4.78, 5) is 0. The summed E-state index contributed by atoms with van der Waals surface area (Å²) < 4.78 is 0. The van der Waals surface area contributed by atoms with Crippen LogP contribution in [-0.4, -0.2) is 35.3 Å². The molecule has 0 saturated carbocycles. The van der Waals surface area contributed by atoms with Crippen molar-refractivity contribution in [3.05, 3.63) is 0 Å². The molecule has 3 heteroatoms. The van der Waals surface area contributed by atoms with E-state index in [9.17, 15) is 0 Å². The normalized spacial score (nSPS) is 15.9. The molecule has 0 heterocycles. The maximum atomic E-state index is 8.75. The zero-order chi connectivity index (χ0) is 11.0. The number of rotatable bonds is 8. The highest BCUT2D eigenvalue weighted by atomic mass is 32.2. The third-order valence-electron chi connectivity index (χ3n) is 1.95. The first-order valence-corrected chi connectivity index (χ1v) is 6.66. The highest BCUT2D eigenvalue weighted by Gasteiger charge is 2.06. The molecule has 0 fully saturated rings. The van der Waals surface area contributed by atoms with Gasteiger partial charge in [-0.1, -0.05) is 13.8 Å². The van der Waals surface area contributed by atoms with E-state index in [-0.39, 0.29) is 6.61 Å². The first-order valence-electron chi connectivity index (χ1n) is 5.51. The van der Waals surface area contributed by atoms with Crippen LogP contribution in [0.15, 0.2) is 0 Å². The minimum atomic E-state index is 0.278. The number of hydrogen-bond donors (Lipinski definition) is 2. The van der Waals surface area contributed by atoms with Crippen LogP contribution in [0.2, 0.25) is 0 Å². The van der Waals surface area contributed by atoms with Crippen LogP contribution in [0.1, 0.15) is 34.1 Å². The topological polar surface area (TPSA) is 32.3 Å². The van der Waals surface area contributed by atoms with Crippen molar-refractivity contribution < 1.29 is 5.11 Å². The third kappa shape index (κ3) is 8.85. The molecular formula is C11H25NOS. The summed E-state index contributed by atoms with van der Waals surface area (Å²) in [5.41, 5.74) is 0. The molecular weight excluding hydrogens is 194 g/mol. The second-order valence-corrected chi connectivity index (χ2v) is 5.49. The molecule has 0 spiro atoms. The fraction of sp³-hybridized carbons (Fsp3) is 1.00. The first kappa shape index (κ1) is 14.3. The average Bonchev–Trinajstić information content (AvgIpc) is 2.03. The smallest absolute Gasteiger partial charge is 0.0445 e. The van der Waals surface area contributed by atoms with E-state index in [1.165, 1.54) is 5.75 Å². The molecule has 0 bridgehead atoms. The number of thioether (sulfide) groups is 1. The Bertz CT molecular complexity index is 130. The summed E-state index contributed by atoms with van der Waals surface area (Å²) in [6.07, 6.45) is 0.846. The lowest BCUT2D eigenvalue weighted by Crippen LogP contribution is -2.36. The SMILES string of the molecule is CC(C)CSCC(C)N[C@H](C)CCO. The van der Waals surface area contributed by atoms with E-state index < -0.39 is 0 Å². The van der Waals surface area contributed by atoms with Gasteiger partial charge in [-0.2, -0.15) is 11.8 Å². The van der Waals surface area contributed by atoms with Gasteiger partial charge >= 0.3 is 0 Å². The predicted molar refractivity (Wildman–Crippen MR) is 65.9 cm³/mol. The Kier molecular flexibility index (Phi) is 8.73. The summed E-state index contributed by atoms with van der Waals surface area (Å²) >= 11 is 2.00. The molecule has 1 unspecified atom stereocenters. The van der Waals surface area contributed by atoms with Crippen LogP contribution in [0.4, 0.5) is 0 Å². The Hall–Kier alpha value is 0.270. The van der Waals surface area contributed by atoms with Gasteiger partial charge in [-0.05, 0) is 31.9 Å². The molecule has 2 atom stereocenters. The second kappa shape index (κ2) is 8.57. The average molecular weight is 219 g/mol. The molecule has 0 aromatic heterocycles. The number of aliphatic hydroxyl groups excluding tert-OH is 1. The van der Waals surface area contributed by atoms with Crippen LogP contribution in [0.3, 0.4) is 0 Å². The number of hydrogen-bond acceptors (Lipinski definition) is 3. The van der Waals surface area contributed by atoms with Crippen LogP contribution in [0, 0.1) is 5.92 Å². The number of nitrogens with one attached hydrogen (secondary N) is 1. The quantitative estimate of drug-likeness (QED) is 0.656. The molecule has 0 radical (unpaired) electrons. The Labute approximate surface area is 92.9 Å². The largest absolute Gasteiger partial charge is 0.396 e. The Morgan fingerprint density at radius 2 is 1.71 bits per heavy atom. The molecule has 0 aromatic carbocycles. The van der Waals surface area contributed by atoms with Gasteiger partial charge in [-0.3, -0.25) is 0 Å². The van der Waals surface area contributed by atoms with Crippen molar-refractivity contribution in [3.63, 3.8) is 0 Å². The zero-order valence-corrected chi connectivity index (χ0v) is 10.7. The van der Waals surface area contributed by atoms with Crippen LogP contribution in [-0.2, 0) is 0 Å². The van der Waals surface area contributed by atoms with Gasteiger partial charge in [0.05, 0.1) is 0 Å². The second-order valence-electron chi connectivity index (χ2n) is 4.41. The van der Waals surface area contributed by atoms with Crippen LogP contribution < -0.4 is 5.32 Å². The van der Waals surface area contributed by atoms with Gasteiger partial charge < -0.3 is 10.4 Å². The van der Waals surface area contributed by atoms with Gasteiger partial charge in [-0.25, -0.2) is 0 Å². The van der Waals surface area contributed by atoms with E-state index in [4.69, 9.17) is 5.11 Å². The number of aliphatic hydroxyl groups is 1. The van der Waals surface area contributed by atoms with Crippen molar-refractivity contribution in [1.82, 2.24) is 5.32 Å². The van der Waals surface area contributed by atoms with E-state index in [0.29, 0.717) is 12.1 Å². The van der Waals surface area contributed by atoms with Crippen molar-refractivity contribution in [2.45, 2.75) is 46.2 Å². The predicted octanol–water partition coefficient (Wildman–Crippen LogP) is 2.12. The maximum Gasteiger partial charge on any atom is 0.0445 e. The van der Waals surface area contributed by atoms with E-state index in [1.807, 2.05) is 11.8 Å². The summed E-state index contributed by atoms with van der Waals surface area (Å²) in [6, 6.07) is 0.968. The molecule has 0 aliphatic rings. The molecule has 14 heavy (non-hydrogen) atoms. The Morgan fingerprint density at radius 1 is 1.07 bits per heavy atom. The van der Waals surface area contributed by atoms with Gasteiger partial charge in [0.1, 0.15) is 0 Å². The molecule has 0 aliphatic heterocycles. The van der Waals surface area contributed by atoms with Crippen molar-refractivity contribution >= 4 is 11.8 Å². The van der Waals surface area contributed by atoms with Crippen molar-refractivity contribution in [2.24, 2.45) is 5.92 Å². The minimum Gasteiger partial charge on any atom is -0.396 e. The first-order chi connectivity index (χ1) is 6.56. The summed E-state index contributed by atoms with van der Waals surface area (Å²) in [5.74, 6) is 3.18. The van der Waals surface area contributed by atoms with Gasteiger partial charge in [0, 0.05) is 24.4 Å². The Balaban J connectivity index is 3.39. The summed E-state index contributed by atoms with van der Waals surface area (Å²) in [7, 11) is 0. The molecule has 0 aromatic rings. The van der Waals surface area contributed by atoms with E-state index in [0.717, 1.165) is 18.1 Å². The van der Waals surface area contributed by atoms with Crippen molar-refractivity contribution in [2.75, 3.05) is 18.1 Å².